The Hall–Kier alpha value is -3.69. The number of nitrogens with one attached hydrogen (secondary N) is 1. The number of ether oxygens (including phenoxy) is 2. The van der Waals surface area contributed by atoms with Gasteiger partial charge in [0.2, 0.25) is 0 Å². The summed E-state index contributed by atoms with van der Waals surface area (Å²) in [4.78, 5) is 5.66. The number of nitrogen functional groups attached to an aromatic ring is 1. The van der Waals surface area contributed by atoms with Crippen molar-refractivity contribution in [2.75, 3.05) is 12.8 Å². The number of aryl methyl sites for hydroxylation is 1. The third kappa shape index (κ3) is 2.88. The molecule has 3 aromatic heterocycles. The average molecular weight is 352 g/mol. The van der Waals surface area contributed by atoms with Crippen molar-refractivity contribution in [1.29, 1.82) is 0 Å². The summed E-state index contributed by atoms with van der Waals surface area (Å²) in [5, 5.41) is 19.3. The fourth-order valence-corrected chi connectivity index (χ4v) is 2.46. The number of benzene rings is 1. The smallest absolute Gasteiger partial charge is 0.181 e. The molecule has 3 N–H and O–H groups in total. The van der Waals surface area contributed by atoms with Gasteiger partial charge in [0, 0.05) is 6.07 Å². The number of nitrogens with zero attached hydrogens (tertiary/aromatic N) is 6. The van der Waals surface area contributed by atoms with E-state index in [4.69, 9.17) is 15.2 Å². The van der Waals surface area contributed by atoms with E-state index in [1.807, 2.05) is 31.2 Å². The number of nitrogens with two attached hydrogens (primary N) is 1. The maximum atomic E-state index is 5.83. The normalized spacial score (nSPS) is 11.0. The minimum absolute atomic E-state index is 0.216. The Morgan fingerprint density at radius 3 is 2.77 bits per heavy atom. The summed E-state index contributed by atoms with van der Waals surface area (Å²) < 4.78 is 11.0. The molecule has 0 spiro atoms. The number of anilines is 1. The lowest BCUT2D eigenvalue weighted by Gasteiger charge is -2.05. The van der Waals surface area contributed by atoms with Gasteiger partial charge in [0.05, 0.1) is 18.5 Å². The zero-order valence-corrected chi connectivity index (χ0v) is 14.2. The Morgan fingerprint density at radius 2 is 2.00 bits per heavy atom. The third-order valence-corrected chi connectivity index (χ3v) is 3.83. The number of aromatic nitrogens is 7. The first-order chi connectivity index (χ1) is 12.6. The number of pyridine rings is 1. The second kappa shape index (κ2) is 6.31. The molecule has 132 valence electrons. The zero-order valence-electron chi connectivity index (χ0n) is 14.2. The van der Waals surface area contributed by atoms with Gasteiger partial charge in [-0.05, 0) is 31.2 Å². The maximum absolute atomic E-state index is 5.83. The van der Waals surface area contributed by atoms with Crippen LogP contribution in [0.3, 0.4) is 0 Å². The molecule has 0 amide bonds. The van der Waals surface area contributed by atoms with Crippen LogP contribution in [-0.2, 0) is 6.61 Å². The van der Waals surface area contributed by atoms with Crippen molar-refractivity contribution in [3.05, 3.63) is 41.7 Å². The van der Waals surface area contributed by atoms with Crippen LogP contribution in [0.25, 0.3) is 16.9 Å². The summed E-state index contributed by atoms with van der Waals surface area (Å²) in [6.07, 6.45) is 0. The molecule has 10 heteroatoms. The van der Waals surface area contributed by atoms with Crippen molar-refractivity contribution in [2.24, 2.45) is 0 Å². The van der Waals surface area contributed by atoms with Gasteiger partial charge >= 0.3 is 0 Å². The van der Waals surface area contributed by atoms with Crippen LogP contribution in [-0.4, -0.2) is 42.5 Å². The van der Waals surface area contributed by atoms with Gasteiger partial charge in [-0.1, -0.05) is 5.21 Å². The van der Waals surface area contributed by atoms with E-state index < -0.39 is 0 Å². The van der Waals surface area contributed by atoms with Crippen LogP contribution >= 0.6 is 0 Å². The molecule has 0 aliphatic carbocycles. The summed E-state index contributed by atoms with van der Waals surface area (Å²) in [6.45, 7) is 2.09. The lowest BCUT2D eigenvalue weighted by Crippen LogP contribution is -2.02. The summed E-state index contributed by atoms with van der Waals surface area (Å²) in [6, 6.07) is 9.07. The fourth-order valence-electron chi connectivity index (χ4n) is 2.46. The summed E-state index contributed by atoms with van der Waals surface area (Å²) >= 11 is 0. The fraction of sp³-hybridized carbons (Fsp3) is 0.188. The molecule has 1 aromatic carbocycles. The molecule has 4 rings (SSSR count). The molecule has 26 heavy (non-hydrogen) atoms. The minimum atomic E-state index is 0.216. The second-order valence-electron chi connectivity index (χ2n) is 5.56. The predicted molar refractivity (Wildman–Crippen MR) is 93.1 cm³/mol. The lowest BCUT2D eigenvalue weighted by molar-refractivity contribution is 0.303. The van der Waals surface area contributed by atoms with Gasteiger partial charge in [0.1, 0.15) is 23.9 Å². The molecule has 0 saturated carbocycles. The van der Waals surface area contributed by atoms with Crippen LogP contribution in [0.2, 0.25) is 0 Å². The predicted octanol–water partition coefficient (Wildman–Crippen LogP) is 1.41. The van der Waals surface area contributed by atoms with Crippen molar-refractivity contribution in [2.45, 2.75) is 13.5 Å². The van der Waals surface area contributed by atoms with Gasteiger partial charge in [-0.15, -0.1) is 10.2 Å². The molecule has 0 saturated heterocycles. The van der Waals surface area contributed by atoms with E-state index >= 15 is 0 Å². The first-order valence-electron chi connectivity index (χ1n) is 7.81. The van der Waals surface area contributed by atoms with Crippen molar-refractivity contribution >= 4 is 17.0 Å². The number of aromatic amines is 1. The quantitative estimate of drug-likeness (QED) is 0.551. The number of hydrogen-bond acceptors (Lipinski definition) is 8. The van der Waals surface area contributed by atoms with E-state index in [2.05, 4.69) is 30.6 Å². The van der Waals surface area contributed by atoms with Gasteiger partial charge in [-0.3, -0.25) is 0 Å². The van der Waals surface area contributed by atoms with Gasteiger partial charge in [-0.25, -0.2) is 10.1 Å². The van der Waals surface area contributed by atoms with Gasteiger partial charge < -0.3 is 15.2 Å². The maximum Gasteiger partial charge on any atom is 0.181 e. The summed E-state index contributed by atoms with van der Waals surface area (Å²) in [5.74, 6) is 1.57. The Kier molecular flexibility index (Phi) is 3.84. The monoisotopic (exact) mass is 352 g/mol. The number of hydrogen-bond donors (Lipinski definition) is 2. The highest BCUT2D eigenvalue weighted by molar-refractivity contribution is 5.78. The van der Waals surface area contributed by atoms with E-state index in [1.165, 1.54) is 0 Å². The Morgan fingerprint density at radius 1 is 1.19 bits per heavy atom. The van der Waals surface area contributed by atoms with Crippen LogP contribution in [0.4, 0.5) is 5.82 Å². The average Bonchev–Trinajstić information content (AvgIpc) is 3.26. The molecule has 0 atom stereocenters. The second-order valence-corrected chi connectivity index (χ2v) is 5.56. The Labute approximate surface area is 147 Å². The summed E-state index contributed by atoms with van der Waals surface area (Å²) in [7, 11) is 1.62. The van der Waals surface area contributed by atoms with E-state index in [9.17, 15) is 0 Å². The van der Waals surface area contributed by atoms with Gasteiger partial charge in [-0.2, -0.15) is 9.90 Å². The lowest BCUT2D eigenvalue weighted by atomic mass is 10.3. The molecule has 0 bridgehead atoms. The Bertz CT molecular complexity index is 1050. The Balaban J connectivity index is 1.57. The van der Waals surface area contributed by atoms with Crippen molar-refractivity contribution in [3.8, 4) is 17.2 Å². The molecule has 4 aromatic rings. The highest BCUT2D eigenvalue weighted by atomic mass is 16.5. The third-order valence-electron chi connectivity index (χ3n) is 3.83. The van der Waals surface area contributed by atoms with E-state index in [0.29, 0.717) is 28.4 Å². The highest BCUT2D eigenvalue weighted by Gasteiger charge is 2.13. The first-order valence-corrected chi connectivity index (χ1v) is 7.81. The highest BCUT2D eigenvalue weighted by Crippen LogP contribution is 2.24. The van der Waals surface area contributed by atoms with Crippen molar-refractivity contribution in [1.82, 2.24) is 35.4 Å². The molecule has 3 heterocycles. The molecule has 0 aliphatic heterocycles. The number of rotatable bonds is 5. The molecular formula is C16H16N8O2. The van der Waals surface area contributed by atoms with Crippen LogP contribution in [0.5, 0.6) is 11.5 Å². The largest absolute Gasteiger partial charge is 0.497 e. The van der Waals surface area contributed by atoms with Crippen LogP contribution < -0.4 is 15.2 Å². The molecule has 0 unspecified atom stereocenters. The van der Waals surface area contributed by atoms with Crippen LogP contribution in [0.15, 0.2) is 30.3 Å². The van der Waals surface area contributed by atoms with E-state index in [-0.39, 0.29) is 6.61 Å². The molecule has 0 fully saturated rings. The van der Waals surface area contributed by atoms with E-state index in [1.54, 1.807) is 18.0 Å². The number of H-pyrrole nitrogens is 1. The molecule has 0 aliphatic rings. The van der Waals surface area contributed by atoms with Gasteiger partial charge in [0.15, 0.2) is 16.9 Å². The van der Waals surface area contributed by atoms with Crippen molar-refractivity contribution in [3.63, 3.8) is 0 Å². The SMILES string of the molecule is COc1ccc(-n2nc(C)c(COc3cc(N)nc4[nH]nnc34)n2)cc1. The van der Waals surface area contributed by atoms with Crippen LogP contribution in [0, 0.1) is 6.92 Å². The number of methoxy groups -OCH3 is 1. The molecule has 0 radical (unpaired) electrons. The zero-order chi connectivity index (χ0) is 18.1. The van der Waals surface area contributed by atoms with Crippen molar-refractivity contribution < 1.29 is 9.47 Å². The standard InChI is InChI=1S/C16H16N8O2/c1-9-12(22-24(21-9)10-3-5-11(25-2)6-4-10)8-26-13-7-14(17)18-16-15(13)19-23-20-16/h3-7H,8H2,1-2H3,(H3,17,18,19,20,23). The van der Waals surface area contributed by atoms with Crippen LogP contribution in [0.1, 0.15) is 11.4 Å². The molecular weight excluding hydrogens is 336 g/mol. The minimum Gasteiger partial charge on any atom is -0.497 e. The summed E-state index contributed by atoms with van der Waals surface area (Å²) in [5.41, 5.74) is 9.05. The van der Waals surface area contributed by atoms with Gasteiger partial charge in [0.25, 0.3) is 0 Å². The van der Waals surface area contributed by atoms with E-state index in [0.717, 1.165) is 17.1 Å². The number of fused-ring (bicyclic) bond motifs is 1. The molecule has 10 nitrogen and oxygen atoms in total. The topological polar surface area (TPSA) is 130 Å². The first kappa shape index (κ1) is 15.8.